The van der Waals surface area contributed by atoms with Gasteiger partial charge in [0.15, 0.2) is 11.4 Å². The standard InChI is InChI=1S/C22H19F4N5O3.C14H15F4N3O2.C10H10N2O2.C8H6N2O2.C5H7BrO3.C5H6N2.ClH.Na.H2O/c23-14-4-5-16(22(24,25)26)15(11-14)21(34)30-9-7-29(8-10-30)19(32)12-27-20(33)17-13-31-6-2-1-3-18(31)28-17;15-9-1-2-11(14(16,17)18)10(7-9)13(23)21-5-3-20(4-6-21)12(22)8-19;1-2-14-10(13)8-7-12-6-4-3-5-9(12)11-8;11-8(12)6-5-10-4-2-1-3-7(10)9-6;1-2-9-5(8)4(7)3-6;6-5-3-1-2-4-7-5;;;/h1-6,11,13H,7-10,12H2,(H,27,33);1-2,7H,3-6,8,19H2;3-7H,2H2,1H3;1-5H,(H,11,12);2-3H2,1H3;1-4H,(H2,6,7);1H;;1H2/q;;;;;;;+1;/p-1. The Bertz CT molecular complexity index is 4210. The number of carbonyl (C=O) groups excluding carboxylic acids is 8. The summed E-state index contributed by atoms with van der Waals surface area (Å²) in [4.78, 5) is 125. The molecule has 27 nitrogen and oxygen atoms in total. The molecule has 0 saturated carbocycles. The molecule has 2 saturated heterocycles. The van der Waals surface area contributed by atoms with Gasteiger partial charge in [-0.25, -0.2) is 43.1 Å². The van der Waals surface area contributed by atoms with Gasteiger partial charge < -0.3 is 69.6 Å². The molecular weight excluding hydrogens is 1460 g/mol. The number of nitrogens with one attached hydrogen (secondary N) is 1. The number of ether oxygens (including phenoxy) is 2. The number of benzene rings is 2. The molecule has 11 rings (SSSR count). The molecule has 2 aliphatic rings. The zero-order chi connectivity index (χ0) is 72.6. The van der Waals surface area contributed by atoms with Crippen LogP contribution in [-0.4, -0.2) is 201 Å². The van der Waals surface area contributed by atoms with Crippen molar-refractivity contribution in [1.82, 2.24) is 58.1 Å². The molecule has 7 N–H and O–H groups in total. The summed E-state index contributed by atoms with van der Waals surface area (Å²) in [5, 5.41) is 11.1. The van der Waals surface area contributed by atoms with Crippen molar-refractivity contribution in [2.24, 2.45) is 5.73 Å². The number of amides is 5. The largest absolute Gasteiger partial charge is 1.00 e. The number of nitrogen functional groups attached to an aromatic ring is 1. The number of esters is 2. The molecule has 9 aromatic rings. The van der Waals surface area contributed by atoms with Crippen molar-refractivity contribution in [2.75, 3.05) is 89.7 Å². The summed E-state index contributed by atoms with van der Waals surface area (Å²) in [6.45, 7) is 4.12. The van der Waals surface area contributed by atoms with Crippen LogP contribution < -0.4 is 46.3 Å². The van der Waals surface area contributed by atoms with E-state index in [4.69, 9.17) is 21.3 Å². The summed E-state index contributed by atoms with van der Waals surface area (Å²) in [7, 11) is 0. The first-order valence-corrected chi connectivity index (χ1v) is 30.7. The second kappa shape index (κ2) is 41.1. The molecule has 0 spiro atoms. The number of carboxylic acid groups (broad SMARTS) is 1. The van der Waals surface area contributed by atoms with Crippen molar-refractivity contribution in [1.29, 1.82) is 0 Å². The zero-order valence-corrected chi connectivity index (χ0v) is 58.8. The van der Waals surface area contributed by atoms with Crippen LogP contribution in [0.25, 0.3) is 16.9 Å². The van der Waals surface area contributed by atoms with Crippen LogP contribution in [0.1, 0.15) is 77.2 Å². The van der Waals surface area contributed by atoms with E-state index >= 15 is 0 Å². The molecule has 9 heterocycles. The van der Waals surface area contributed by atoms with E-state index in [-0.39, 0.29) is 148 Å². The topological polar surface area (TPSA) is 364 Å². The Kier molecular flexibility index (Phi) is 34.7. The van der Waals surface area contributed by atoms with Crippen molar-refractivity contribution >= 4 is 104 Å². The summed E-state index contributed by atoms with van der Waals surface area (Å²) < 4.78 is 120. The average Bonchev–Trinajstić information content (AvgIpc) is 1.34. The van der Waals surface area contributed by atoms with E-state index in [0.29, 0.717) is 65.8 Å². The SMILES string of the molecule is CCOC(=O)C(=O)CBr.CCOC(=O)c1cn2ccccc2n1.Cl.NCC(=O)N1CCN(C(=O)c2cc(F)ccc2C(F)(F)F)CC1.Nc1ccccn1.O=C(NCC(=O)N1CCN(C(=O)c2cc(F)ccc2C(F)(F)F)CC1)c1cn2ccccc2n1.O=C(O)c1cn2ccccc2n1.[Na+].[OH-]. The molecular formula is C64H65BrClF8N14NaO13. The number of alkyl halides is 7. The Morgan fingerprint density at radius 3 is 1.34 bits per heavy atom. The van der Waals surface area contributed by atoms with Gasteiger partial charge >= 0.3 is 59.8 Å². The molecule has 540 valence electrons. The van der Waals surface area contributed by atoms with Crippen LogP contribution >= 0.6 is 28.3 Å². The maximum atomic E-state index is 13.5. The van der Waals surface area contributed by atoms with Crippen LogP contribution in [0, 0.1) is 11.6 Å². The number of rotatable bonds is 12. The van der Waals surface area contributed by atoms with E-state index in [1.165, 1.54) is 27.1 Å². The molecule has 2 aliphatic heterocycles. The van der Waals surface area contributed by atoms with Gasteiger partial charge in [0.2, 0.25) is 17.6 Å². The van der Waals surface area contributed by atoms with E-state index in [1.807, 2.05) is 48.7 Å². The van der Waals surface area contributed by atoms with Crippen molar-refractivity contribution in [3.05, 3.63) is 204 Å². The van der Waals surface area contributed by atoms with Gasteiger partial charge in [0.05, 0.1) is 53.9 Å². The monoisotopic (exact) mass is 1530 g/mol. The molecule has 0 radical (unpaired) electrons. The number of fused-ring (bicyclic) bond motifs is 3. The fourth-order valence-electron chi connectivity index (χ4n) is 8.99. The number of imidazole rings is 3. The van der Waals surface area contributed by atoms with E-state index < -0.39 is 87.6 Å². The Morgan fingerprint density at radius 1 is 0.569 bits per heavy atom. The van der Waals surface area contributed by atoms with Crippen molar-refractivity contribution in [3.8, 4) is 0 Å². The number of nitrogens with two attached hydrogens (primary N) is 2. The Hall–Kier alpha value is -9.98. The number of aromatic carboxylic acids is 1. The summed E-state index contributed by atoms with van der Waals surface area (Å²) in [5.41, 5.74) is 9.12. The fourth-order valence-corrected chi connectivity index (χ4v) is 9.22. The first-order valence-electron chi connectivity index (χ1n) is 29.6. The normalized spacial score (nSPS) is 12.3. The molecule has 102 heavy (non-hydrogen) atoms. The minimum atomic E-state index is -4.81. The van der Waals surface area contributed by atoms with Crippen LogP contribution in [0.2, 0.25) is 0 Å². The third kappa shape index (κ3) is 25.3. The van der Waals surface area contributed by atoms with Gasteiger partial charge in [0.25, 0.3) is 17.7 Å². The third-order valence-corrected chi connectivity index (χ3v) is 14.3. The maximum Gasteiger partial charge on any atom is 1.00 e. The van der Waals surface area contributed by atoms with Gasteiger partial charge in [-0.1, -0.05) is 40.2 Å². The number of aromatic nitrogens is 7. The molecule has 0 bridgehead atoms. The van der Waals surface area contributed by atoms with Crippen molar-refractivity contribution in [3.63, 3.8) is 0 Å². The van der Waals surface area contributed by atoms with Gasteiger partial charge in [-0.3, -0.25) is 28.8 Å². The summed E-state index contributed by atoms with van der Waals surface area (Å²) in [5.74, 6) is -7.09. The molecule has 0 aliphatic carbocycles. The summed E-state index contributed by atoms with van der Waals surface area (Å²) in [6, 6.07) is 25.2. The number of piperazine rings is 2. The van der Waals surface area contributed by atoms with Crippen molar-refractivity contribution < 1.29 is 128 Å². The quantitative estimate of drug-likeness (QED) is 0.0436. The van der Waals surface area contributed by atoms with Gasteiger partial charge in [-0.2, -0.15) is 26.3 Å². The second-order valence-electron chi connectivity index (χ2n) is 20.4. The number of hydrogen-bond donors (Lipinski definition) is 4. The van der Waals surface area contributed by atoms with E-state index in [9.17, 15) is 78.3 Å². The number of nitrogens with zero attached hydrogens (tertiary/aromatic N) is 11. The molecule has 0 atom stereocenters. The van der Waals surface area contributed by atoms with E-state index in [0.717, 1.165) is 10.5 Å². The molecule has 5 amide bonds. The molecule has 2 fully saturated rings. The third-order valence-electron chi connectivity index (χ3n) is 13.8. The number of ketones is 1. The molecule has 7 aromatic heterocycles. The second-order valence-corrected chi connectivity index (χ2v) is 21.0. The average molecular weight is 1530 g/mol. The number of hydrogen-bond acceptors (Lipinski definition) is 18. The van der Waals surface area contributed by atoms with Crippen LogP contribution in [0.15, 0.2) is 153 Å². The summed E-state index contributed by atoms with van der Waals surface area (Å²) >= 11 is 2.83. The summed E-state index contributed by atoms with van der Waals surface area (Å²) in [6.07, 6.45) is 2.10. The van der Waals surface area contributed by atoms with Crippen molar-refractivity contribution in [2.45, 2.75) is 26.2 Å². The zero-order valence-electron chi connectivity index (χ0n) is 54.4. The van der Waals surface area contributed by atoms with E-state index in [2.05, 4.69) is 45.9 Å². The number of carbonyl (C=O) groups is 9. The molecule has 0 unspecified atom stereocenters. The predicted octanol–water partition coefficient (Wildman–Crippen LogP) is 4.26. The minimum Gasteiger partial charge on any atom is -0.870 e. The Balaban J connectivity index is 0.000000344. The smallest absolute Gasteiger partial charge is 0.870 e. The minimum absolute atomic E-state index is 0. The van der Waals surface area contributed by atoms with Crippen LogP contribution in [0.5, 0.6) is 0 Å². The number of anilines is 1. The molecule has 2 aromatic carbocycles. The maximum absolute atomic E-state index is 13.5. The number of pyridine rings is 4. The Labute approximate surface area is 611 Å². The van der Waals surface area contributed by atoms with Crippen LogP contribution in [-0.2, 0) is 41.0 Å². The van der Waals surface area contributed by atoms with Gasteiger partial charge in [0.1, 0.15) is 40.1 Å². The van der Waals surface area contributed by atoms with Gasteiger partial charge in [-0.05, 0) is 98.8 Å². The predicted molar refractivity (Wildman–Crippen MR) is 351 cm³/mol. The number of carboxylic acids is 1. The van der Waals surface area contributed by atoms with Crippen LogP contribution in [0.3, 0.4) is 0 Å². The first-order chi connectivity index (χ1) is 47.1. The first kappa shape index (κ1) is 86.2. The van der Waals surface area contributed by atoms with Gasteiger partial charge in [0, 0.05) is 95.7 Å². The number of halogens is 10. The Morgan fingerprint density at radius 2 is 0.971 bits per heavy atom. The van der Waals surface area contributed by atoms with E-state index in [1.54, 1.807) is 82.2 Å². The fraction of sp³-hybridized carbons (Fsp3) is 0.266. The van der Waals surface area contributed by atoms with Gasteiger partial charge in [-0.15, -0.1) is 12.4 Å². The van der Waals surface area contributed by atoms with Crippen LogP contribution in [0.4, 0.5) is 40.9 Å². The number of Topliss-reactive ketones (excluding diaryl/α,β-unsaturated/α-hetero) is 1. The molecule has 38 heteroatoms.